The van der Waals surface area contributed by atoms with Gasteiger partial charge < -0.3 is 5.11 Å². The molecule has 110 valence electrons. The van der Waals surface area contributed by atoms with E-state index in [0.717, 1.165) is 31.2 Å². The molecule has 0 bridgehead atoms. The van der Waals surface area contributed by atoms with E-state index in [1.165, 1.54) is 0 Å². The average Bonchev–Trinajstić information content (AvgIpc) is 3.29. The molecule has 2 aliphatic rings. The van der Waals surface area contributed by atoms with Crippen LogP contribution in [0.1, 0.15) is 31.2 Å². The van der Waals surface area contributed by atoms with Gasteiger partial charge in [-0.25, -0.2) is 13.1 Å². The lowest BCUT2D eigenvalue weighted by molar-refractivity contribution is 0.299. The molecule has 0 spiro atoms. The van der Waals surface area contributed by atoms with Crippen molar-refractivity contribution in [3.8, 4) is 0 Å². The van der Waals surface area contributed by atoms with Gasteiger partial charge in [-0.2, -0.15) is 0 Å². The van der Waals surface area contributed by atoms with Crippen LogP contribution in [-0.2, 0) is 16.4 Å². The fraction of sp³-hybridized carbons (Fsp3) is 0.600. The first kappa shape index (κ1) is 14.0. The summed E-state index contributed by atoms with van der Waals surface area (Å²) in [6.45, 7) is 0.0791. The molecule has 2 N–H and O–H groups in total. The first-order chi connectivity index (χ1) is 9.60. The predicted molar refractivity (Wildman–Crippen MR) is 76.8 cm³/mol. The van der Waals surface area contributed by atoms with E-state index in [1.54, 1.807) is 24.3 Å². The third-order valence-electron chi connectivity index (χ3n) is 4.19. The van der Waals surface area contributed by atoms with Gasteiger partial charge in [0.1, 0.15) is 0 Å². The van der Waals surface area contributed by atoms with Crippen molar-refractivity contribution in [1.29, 1.82) is 0 Å². The topological polar surface area (TPSA) is 66.4 Å². The highest BCUT2D eigenvalue weighted by molar-refractivity contribution is 7.89. The Bertz CT molecular complexity index is 547. The summed E-state index contributed by atoms with van der Waals surface area (Å²) in [6.07, 6.45) is 5.16. The van der Waals surface area contributed by atoms with Crippen molar-refractivity contribution in [2.45, 2.75) is 43.0 Å². The molecule has 0 amide bonds. The van der Waals surface area contributed by atoms with E-state index in [-0.39, 0.29) is 12.6 Å². The zero-order valence-electron chi connectivity index (χ0n) is 11.5. The highest BCUT2D eigenvalue weighted by atomic mass is 32.2. The minimum atomic E-state index is -3.41. The third kappa shape index (κ3) is 3.22. The molecule has 2 saturated carbocycles. The Morgan fingerprint density at radius 1 is 1.10 bits per heavy atom. The van der Waals surface area contributed by atoms with Gasteiger partial charge in [0, 0.05) is 12.6 Å². The van der Waals surface area contributed by atoms with E-state index in [1.807, 2.05) is 0 Å². The molecule has 1 aromatic rings. The summed E-state index contributed by atoms with van der Waals surface area (Å²) < 4.78 is 27.7. The van der Waals surface area contributed by atoms with Gasteiger partial charge in [0.05, 0.1) is 4.90 Å². The minimum Gasteiger partial charge on any atom is -0.396 e. The van der Waals surface area contributed by atoms with Crippen LogP contribution >= 0.6 is 0 Å². The Hall–Kier alpha value is -0.910. The van der Waals surface area contributed by atoms with Crippen molar-refractivity contribution >= 4 is 10.0 Å². The lowest BCUT2D eigenvalue weighted by Gasteiger charge is -2.17. The molecule has 4 nitrogen and oxygen atoms in total. The number of aliphatic hydroxyl groups excluding tert-OH is 1. The zero-order chi connectivity index (χ0) is 14.2. The molecule has 0 aromatic heterocycles. The van der Waals surface area contributed by atoms with E-state index < -0.39 is 10.0 Å². The monoisotopic (exact) mass is 295 g/mol. The van der Waals surface area contributed by atoms with Crippen LogP contribution in [0.25, 0.3) is 0 Å². The summed E-state index contributed by atoms with van der Waals surface area (Å²) in [7, 11) is -3.41. The molecule has 3 rings (SSSR count). The normalized spacial score (nSPS) is 19.5. The Morgan fingerprint density at radius 3 is 2.10 bits per heavy atom. The molecule has 5 heteroatoms. The van der Waals surface area contributed by atoms with Crippen molar-refractivity contribution in [2.75, 3.05) is 6.61 Å². The molecular weight excluding hydrogens is 274 g/mol. The molecule has 2 aliphatic carbocycles. The van der Waals surface area contributed by atoms with Gasteiger partial charge in [-0.05, 0) is 61.6 Å². The second-order valence-corrected chi connectivity index (χ2v) is 7.65. The molecular formula is C15H21NO3S. The fourth-order valence-electron chi connectivity index (χ4n) is 2.70. The SMILES string of the molecule is O=S(=O)(NC(C1CC1)C1CC1)c1ccc(CCO)cc1. The molecule has 0 radical (unpaired) electrons. The predicted octanol–water partition coefficient (Wildman–Crippen LogP) is 1.69. The van der Waals surface area contributed by atoms with Crippen molar-refractivity contribution in [3.63, 3.8) is 0 Å². The van der Waals surface area contributed by atoms with Crippen LogP contribution in [0, 0.1) is 11.8 Å². The second-order valence-electron chi connectivity index (χ2n) is 5.94. The standard InChI is InChI=1S/C15H21NO3S/c17-10-9-11-1-7-14(8-2-11)20(18,19)16-15(12-3-4-12)13-5-6-13/h1-2,7-8,12-13,15-17H,3-6,9-10H2. The lowest BCUT2D eigenvalue weighted by Crippen LogP contribution is -2.38. The van der Waals surface area contributed by atoms with Gasteiger partial charge in [-0.1, -0.05) is 12.1 Å². The molecule has 0 aliphatic heterocycles. The molecule has 2 fully saturated rings. The smallest absolute Gasteiger partial charge is 0.240 e. The molecule has 1 aromatic carbocycles. The van der Waals surface area contributed by atoms with Gasteiger partial charge in [0.25, 0.3) is 0 Å². The summed E-state index contributed by atoms with van der Waals surface area (Å²) in [5.41, 5.74) is 0.951. The lowest BCUT2D eigenvalue weighted by atomic mass is 10.1. The van der Waals surface area contributed by atoms with Gasteiger partial charge in [0.2, 0.25) is 10.0 Å². The number of aliphatic hydroxyl groups is 1. The van der Waals surface area contributed by atoms with Gasteiger partial charge >= 0.3 is 0 Å². The summed E-state index contributed by atoms with van der Waals surface area (Å²) in [4.78, 5) is 0.325. The van der Waals surface area contributed by atoms with Crippen LogP contribution in [0.2, 0.25) is 0 Å². The quantitative estimate of drug-likeness (QED) is 0.804. The van der Waals surface area contributed by atoms with Crippen LogP contribution in [0.5, 0.6) is 0 Å². The van der Waals surface area contributed by atoms with E-state index >= 15 is 0 Å². The third-order valence-corrected chi connectivity index (χ3v) is 5.66. The Kier molecular flexibility index (Phi) is 3.84. The van der Waals surface area contributed by atoms with Gasteiger partial charge in [-0.3, -0.25) is 0 Å². The number of nitrogens with one attached hydrogen (secondary N) is 1. The molecule has 20 heavy (non-hydrogen) atoms. The van der Waals surface area contributed by atoms with Gasteiger partial charge in [-0.15, -0.1) is 0 Å². The van der Waals surface area contributed by atoms with Crippen molar-refractivity contribution in [1.82, 2.24) is 4.72 Å². The number of hydrogen-bond donors (Lipinski definition) is 2. The first-order valence-electron chi connectivity index (χ1n) is 7.32. The summed E-state index contributed by atoms with van der Waals surface area (Å²) in [5, 5.41) is 8.87. The van der Waals surface area contributed by atoms with Crippen molar-refractivity contribution in [2.24, 2.45) is 11.8 Å². The summed E-state index contributed by atoms with van der Waals surface area (Å²) in [5.74, 6) is 1.09. The van der Waals surface area contributed by atoms with E-state index in [0.29, 0.717) is 23.2 Å². The largest absolute Gasteiger partial charge is 0.396 e. The summed E-state index contributed by atoms with van der Waals surface area (Å²) in [6, 6.07) is 6.94. The maximum absolute atomic E-state index is 12.4. The number of benzene rings is 1. The van der Waals surface area contributed by atoms with Crippen LogP contribution in [-0.4, -0.2) is 26.2 Å². The van der Waals surface area contributed by atoms with E-state index in [4.69, 9.17) is 5.11 Å². The van der Waals surface area contributed by atoms with Crippen molar-refractivity contribution < 1.29 is 13.5 Å². The average molecular weight is 295 g/mol. The molecule has 0 saturated heterocycles. The van der Waals surface area contributed by atoms with Crippen LogP contribution in [0.15, 0.2) is 29.2 Å². The highest BCUT2D eigenvalue weighted by Crippen LogP contribution is 2.45. The van der Waals surface area contributed by atoms with Gasteiger partial charge in [0.15, 0.2) is 0 Å². The molecule has 0 heterocycles. The first-order valence-corrected chi connectivity index (χ1v) is 8.80. The molecule has 0 atom stereocenters. The number of hydrogen-bond acceptors (Lipinski definition) is 3. The zero-order valence-corrected chi connectivity index (χ0v) is 12.3. The number of sulfonamides is 1. The fourth-order valence-corrected chi connectivity index (χ4v) is 4.07. The van der Waals surface area contributed by atoms with Crippen LogP contribution < -0.4 is 4.72 Å². The Morgan fingerprint density at radius 2 is 1.65 bits per heavy atom. The second kappa shape index (κ2) is 5.47. The minimum absolute atomic E-state index is 0.0791. The Balaban J connectivity index is 1.73. The molecule has 0 unspecified atom stereocenters. The van der Waals surface area contributed by atoms with E-state index in [2.05, 4.69) is 4.72 Å². The summed E-state index contributed by atoms with van der Waals surface area (Å²) >= 11 is 0. The van der Waals surface area contributed by atoms with Crippen LogP contribution in [0.3, 0.4) is 0 Å². The van der Waals surface area contributed by atoms with Crippen LogP contribution in [0.4, 0.5) is 0 Å². The maximum Gasteiger partial charge on any atom is 0.240 e. The number of rotatable bonds is 7. The van der Waals surface area contributed by atoms with Crippen molar-refractivity contribution in [3.05, 3.63) is 29.8 Å². The Labute approximate surface area is 120 Å². The highest BCUT2D eigenvalue weighted by Gasteiger charge is 2.43. The maximum atomic E-state index is 12.4. The van der Waals surface area contributed by atoms with E-state index in [9.17, 15) is 8.42 Å².